The van der Waals surface area contributed by atoms with Crippen molar-refractivity contribution in [3.8, 4) is 11.5 Å². The molecule has 0 spiro atoms. The lowest BCUT2D eigenvalue weighted by Crippen LogP contribution is -2.45. The third kappa shape index (κ3) is 2.61. The Bertz CT molecular complexity index is 677. The number of aromatic nitrogens is 2. The molecule has 0 bridgehead atoms. The number of nitrogens with zero attached hydrogens (tertiary/aromatic N) is 2. The van der Waals surface area contributed by atoms with E-state index in [1.807, 2.05) is 6.92 Å². The van der Waals surface area contributed by atoms with Crippen LogP contribution < -0.4 is 0 Å². The van der Waals surface area contributed by atoms with Gasteiger partial charge in [0.25, 0.3) is 5.91 Å². The maximum Gasteiger partial charge on any atom is 0.306 e. The van der Waals surface area contributed by atoms with Gasteiger partial charge in [0.1, 0.15) is 5.69 Å². The molecule has 7 nitrogen and oxygen atoms in total. The summed E-state index contributed by atoms with van der Waals surface area (Å²) < 4.78 is 5.25. The molecule has 3 heterocycles. The summed E-state index contributed by atoms with van der Waals surface area (Å²) in [5, 5.41) is 15.9. The molecule has 1 amide bonds. The first kappa shape index (κ1) is 14.4. The van der Waals surface area contributed by atoms with Crippen molar-refractivity contribution in [1.29, 1.82) is 0 Å². The number of aliphatic carboxylic acids is 1. The van der Waals surface area contributed by atoms with Crippen LogP contribution in [0.4, 0.5) is 0 Å². The molecule has 3 rings (SSSR count). The highest BCUT2D eigenvalue weighted by molar-refractivity contribution is 5.93. The van der Waals surface area contributed by atoms with E-state index in [0.29, 0.717) is 36.7 Å². The summed E-state index contributed by atoms with van der Waals surface area (Å²) in [7, 11) is 0. The number of hydrogen-bond acceptors (Lipinski definition) is 4. The van der Waals surface area contributed by atoms with Crippen LogP contribution in [0.3, 0.4) is 0 Å². The van der Waals surface area contributed by atoms with Crippen molar-refractivity contribution in [1.82, 2.24) is 15.1 Å². The molecule has 2 aromatic heterocycles. The Balaban J connectivity index is 1.71. The number of carbonyl (C=O) groups excluding carboxylic acids is 1. The van der Waals surface area contributed by atoms with E-state index in [1.54, 1.807) is 29.4 Å². The summed E-state index contributed by atoms with van der Waals surface area (Å²) in [6, 6.07) is 5.19. The SMILES string of the molecule is CC1CN(C(=O)c2cc(-c3ccco3)[nH]n2)CCC1C(=O)O. The van der Waals surface area contributed by atoms with E-state index in [-0.39, 0.29) is 17.7 Å². The van der Waals surface area contributed by atoms with Gasteiger partial charge in [-0.15, -0.1) is 0 Å². The molecule has 0 aliphatic carbocycles. The van der Waals surface area contributed by atoms with Gasteiger partial charge in [0.05, 0.1) is 12.2 Å². The van der Waals surface area contributed by atoms with Crippen molar-refractivity contribution in [3.63, 3.8) is 0 Å². The molecule has 0 radical (unpaired) electrons. The number of carbonyl (C=O) groups is 2. The Morgan fingerprint density at radius 1 is 1.50 bits per heavy atom. The fourth-order valence-electron chi connectivity index (χ4n) is 2.85. The molecular formula is C15H17N3O4. The summed E-state index contributed by atoms with van der Waals surface area (Å²) in [6.45, 7) is 2.72. The van der Waals surface area contributed by atoms with E-state index in [9.17, 15) is 9.59 Å². The zero-order valence-electron chi connectivity index (χ0n) is 12.2. The lowest BCUT2D eigenvalue weighted by molar-refractivity contribution is -0.145. The van der Waals surface area contributed by atoms with Crippen molar-refractivity contribution < 1.29 is 19.1 Å². The van der Waals surface area contributed by atoms with E-state index in [4.69, 9.17) is 9.52 Å². The van der Waals surface area contributed by atoms with Crippen molar-refractivity contribution >= 4 is 11.9 Å². The average molecular weight is 303 g/mol. The molecule has 1 aliphatic heterocycles. The van der Waals surface area contributed by atoms with Gasteiger partial charge in [0.2, 0.25) is 0 Å². The highest BCUT2D eigenvalue weighted by Crippen LogP contribution is 2.25. The Labute approximate surface area is 126 Å². The number of aromatic amines is 1. The minimum absolute atomic E-state index is 0.0707. The van der Waals surface area contributed by atoms with Crippen LogP contribution in [0.25, 0.3) is 11.5 Å². The number of hydrogen-bond donors (Lipinski definition) is 2. The highest BCUT2D eigenvalue weighted by Gasteiger charge is 2.33. The Hall–Kier alpha value is -2.57. The standard InChI is InChI=1S/C15H17N3O4/c1-9-8-18(5-4-10(9)15(20)21)14(19)12-7-11(16-17-12)13-3-2-6-22-13/h2-3,6-7,9-10H,4-5,8H2,1H3,(H,16,17)(H,20,21). The first-order valence-corrected chi connectivity index (χ1v) is 7.17. The minimum atomic E-state index is -0.792. The van der Waals surface area contributed by atoms with Gasteiger partial charge >= 0.3 is 5.97 Å². The molecule has 0 saturated carbocycles. The number of carboxylic acid groups (broad SMARTS) is 1. The van der Waals surface area contributed by atoms with Gasteiger partial charge in [-0.1, -0.05) is 6.92 Å². The normalized spacial score (nSPS) is 21.8. The first-order valence-electron chi connectivity index (χ1n) is 7.17. The van der Waals surface area contributed by atoms with E-state index in [2.05, 4.69) is 10.2 Å². The van der Waals surface area contributed by atoms with Gasteiger partial charge in [-0.25, -0.2) is 0 Å². The molecule has 2 aromatic rings. The fraction of sp³-hybridized carbons (Fsp3) is 0.400. The number of piperidine rings is 1. The summed E-state index contributed by atoms with van der Waals surface area (Å²) in [4.78, 5) is 25.2. The largest absolute Gasteiger partial charge is 0.481 e. The smallest absolute Gasteiger partial charge is 0.306 e. The third-order valence-electron chi connectivity index (χ3n) is 4.09. The van der Waals surface area contributed by atoms with Crippen LogP contribution >= 0.6 is 0 Å². The molecule has 116 valence electrons. The predicted octanol–water partition coefficient (Wildman–Crippen LogP) is 1.85. The van der Waals surface area contributed by atoms with Crippen molar-refractivity contribution in [2.45, 2.75) is 13.3 Å². The van der Waals surface area contributed by atoms with Gasteiger partial charge in [-0.05, 0) is 24.5 Å². The lowest BCUT2D eigenvalue weighted by Gasteiger charge is -2.34. The van der Waals surface area contributed by atoms with Crippen LogP contribution in [0.1, 0.15) is 23.8 Å². The second-order valence-corrected chi connectivity index (χ2v) is 5.61. The van der Waals surface area contributed by atoms with Crippen LogP contribution in [-0.4, -0.2) is 45.2 Å². The van der Waals surface area contributed by atoms with Crippen LogP contribution in [0.15, 0.2) is 28.9 Å². The summed E-state index contributed by atoms with van der Waals surface area (Å²) in [5.41, 5.74) is 0.953. The Morgan fingerprint density at radius 2 is 2.32 bits per heavy atom. The number of furan rings is 1. The molecule has 1 aliphatic rings. The molecule has 22 heavy (non-hydrogen) atoms. The second kappa shape index (κ2) is 5.67. The van der Waals surface area contributed by atoms with Gasteiger partial charge in [-0.2, -0.15) is 5.10 Å². The third-order valence-corrected chi connectivity index (χ3v) is 4.09. The number of carboxylic acids is 1. The van der Waals surface area contributed by atoms with Gasteiger partial charge in [-0.3, -0.25) is 14.7 Å². The predicted molar refractivity (Wildman–Crippen MR) is 77.1 cm³/mol. The maximum absolute atomic E-state index is 12.5. The van der Waals surface area contributed by atoms with Gasteiger partial charge in [0, 0.05) is 19.2 Å². The summed E-state index contributed by atoms with van der Waals surface area (Å²) in [5.74, 6) is -0.825. The van der Waals surface area contributed by atoms with E-state index in [0.717, 1.165) is 0 Å². The molecular weight excluding hydrogens is 286 g/mol. The number of H-pyrrole nitrogens is 1. The molecule has 0 aromatic carbocycles. The highest BCUT2D eigenvalue weighted by atomic mass is 16.4. The van der Waals surface area contributed by atoms with Gasteiger partial charge < -0.3 is 14.4 Å². The first-order chi connectivity index (χ1) is 10.6. The zero-order chi connectivity index (χ0) is 15.7. The zero-order valence-corrected chi connectivity index (χ0v) is 12.2. The quantitative estimate of drug-likeness (QED) is 0.901. The topological polar surface area (TPSA) is 99.4 Å². The van der Waals surface area contributed by atoms with Crippen LogP contribution in [0.2, 0.25) is 0 Å². The monoisotopic (exact) mass is 303 g/mol. The molecule has 2 atom stereocenters. The maximum atomic E-state index is 12.5. The molecule has 2 unspecified atom stereocenters. The number of likely N-dealkylation sites (tertiary alicyclic amines) is 1. The Kier molecular flexibility index (Phi) is 3.70. The van der Waals surface area contributed by atoms with Crippen LogP contribution in [-0.2, 0) is 4.79 Å². The van der Waals surface area contributed by atoms with E-state index < -0.39 is 5.97 Å². The summed E-state index contributed by atoms with van der Waals surface area (Å²) >= 11 is 0. The Morgan fingerprint density at radius 3 is 2.95 bits per heavy atom. The molecule has 7 heteroatoms. The molecule has 1 saturated heterocycles. The molecule has 2 N–H and O–H groups in total. The van der Waals surface area contributed by atoms with Crippen molar-refractivity contribution in [2.75, 3.05) is 13.1 Å². The van der Waals surface area contributed by atoms with Crippen LogP contribution in [0.5, 0.6) is 0 Å². The fourth-order valence-corrected chi connectivity index (χ4v) is 2.85. The average Bonchev–Trinajstić information content (AvgIpc) is 3.16. The van der Waals surface area contributed by atoms with Crippen molar-refractivity contribution in [2.24, 2.45) is 11.8 Å². The van der Waals surface area contributed by atoms with Crippen molar-refractivity contribution in [3.05, 3.63) is 30.2 Å². The number of nitrogens with one attached hydrogen (secondary N) is 1. The number of amides is 1. The summed E-state index contributed by atoms with van der Waals surface area (Å²) in [6.07, 6.45) is 2.02. The molecule has 1 fully saturated rings. The lowest BCUT2D eigenvalue weighted by atomic mass is 9.87. The van der Waals surface area contributed by atoms with E-state index in [1.165, 1.54) is 0 Å². The second-order valence-electron chi connectivity index (χ2n) is 5.61. The van der Waals surface area contributed by atoms with Crippen LogP contribution in [0, 0.1) is 11.8 Å². The minimum Gasteiger partial charge on any atom is -0.481 e. The van der Waals surface area contributed by atoms with E-state index >= 15 is 0 Å². The van der Waals surface area contributed by atoms with Gasteiger partial charge in [0.15, 0.2) is 11.5 Å². The number of rotatable bonds is 3.